The van der Waals surface area contributed by atoms with Crippen molar-refractivity contribution < 1.29 is 9.53 Å². The van der Waals surface area contributed by atoms with Gasteiger partial charge in [-0.25, -0.2) is 14.2 Å². The molecule has 1 fully saturated rings. The third-order valence-corrected chi connectivity index (χ3v) is 5.72. The van der Waals surface area contributed by atoms with Gasteiger partial charge in [0.2, 0.25) is 5.43 Å². The number of rotatable bonds is 4. The van der Waals surface area contributed by atoms with Gasteiger partial charge in [0.25, 0.3) is 0 Å². The van der Waals surface area contributed by atoms with E-state index in [1.54, 1.807) is 32.7 Å². The third-order valence-electron chi connectivity index (χ3n) is 5.72. The van der Waals surface area contributed by atoms with Gasteiger partial charge in [0.05, 0.1) is 28.8 Å². The highest BCUT2D eigenvalue weighted by atomic mass is 16.6. The summed E-state index contributed by atoms with van der Waals surface area (Å²) in [6.07, 6.45) is 2.94. The Labute approximate surface area is 190 Å². The predicted octanol–water partition coefficient (Wildman–Crippen LogP) is 4.13. The van der Waals surface area contributed by atoms with Crippen molar-refractivity contribution in [3.8, 4) is 22.8 Å². The molecule has 8 nitrogen and oxygen atoms in total. The number of aryl methyl sites for hydroxylation is 1. The zero-order valence-electron chi connectivity index (χ0n) is 18.6. The van der Waals surface area contributed by atoms with Crippen LogP contribution in [-0.2, 0) is 4.74 Å². The number of nitrogens with zero attached hydrogens (tertiary/aromatic N) is 5. The van der Waals surface area contributed by atoms with Crippen LogP contribution in [0.3, 0.4) is 0 Å². The highest BCUT2D eigenvalue weighted by molar-refractivity contribution is 5.91. The Hall–Kier alpha value is -4.20. The Morgan fingerprint density at radius 2 is 1.76 bits per heavy atom. The lowest BCUT2D eigenvalue weighted by atomic mass is 10.0. The van der Waals surface area contributed by atoms with Gasteiger partial charge in [0, 0.05) is 18.0 Å². The number of ether oxygens (including phenoxy) is 1. The molecular formula is C25H23N5O3. The van der Waals surface area contributed by atoms with Crippen LogP contribution in [-0.4, -0.2) is 37.8 Å². The number of amides is 1. The fourth-order valence-electron chi connectivity index (χ4n) is 4.08. The first-order chi connectivity index (χ1) is 15.8. The van der Waals surface area contributed by atoms with Crippen LogP contribution >= 0.6 is 0 Å². The van der Waals surface area contributed by atoms with Gasteiger partial charge in [-0.3, -0.25) is 9.69 Å². The van der Waals surface area contributed by atoms with Gasteiger partial charge in [0.1, 0.15) is 6.61 Å². The molecule has 3 heterocycles. The number of carbonyl (C=O) groups is 1. The zero-order valence-corrected chi connectivity index (χ0v) is 18.6. The van der Waals surface area contributed by atoms with E-state index in [4.69, 9.17) is 4.74 Å². The molecule has 0 bridgehead atoms. The molecule has 8 heteroatoms. The van der Waals surface area contributed by atoms with Gasteiger partial charge < -0.3 is 4.74 Å². The molecule has 1 aliphatic heterocycles. The number of para-hydroxylation sites is 1. The smallest absolute Gasteiger partial charge is 0.414 e. The molecule has 4 aromatic rings. The van der Waals surface area contributed by atoms with Crippen molar-refractivity contribution in [3.05, 3.63) is 88.8 Å². The second kappa shape index (κ2) is 7.74. The van der Waals surface area contributed by atoms with Gasteiger partial charge in [-0.05, 0) is 62.7 Å². The quantitative estimate of drug-likeness (QED) is 0.476. The highest BCUT2D eigenvalue weighted by Gasteiger charge is 2.41. The summed E-state index contributed by atoms with van der Waals surface area (Å²) < 4.78 is 8.61. The Morgan fingerprint density at radius 1 is 0.970 bits per heavy atom. The minimum atomic E-state index is -0.427. The van der Waals surface area contributed by atoms with Crippen LogP contribution in [0.2, 0.25) is 0 Å². The fraction of sp³-hybridized carbons (Fsp3) is 0.200. The summed E-state index contributed by atoms with van der Waals surface area (Å²) in [7, 11) is 0. The molecule has 0 aliphatic carbocycles. The Bertz CT molecular complexity index is 1410. The van der Waals surface area contributed by atoms with Crippen LogP contribution in [0.1, 0.15) is 19.4 Å². The fourth-order valence-corrected chi connectivity index (χ4v) is 4.08. The van der Waals surface area contributed by atoms with E-state index in [1.165, 1.54) is 6.07 Å². The second-order valence-electron chi connectivity index (χ2n) is 8.61. The van der Waals surface area contributed by atoms with Crippen molar-refractivity contribution in [2.24, 2.45) is 0 Å². The topological polar surface area (TPSA) is 82.3 Å². The highest BCUT2D eigenvalue weighted by Crippen LogP contribution is 2.32. The van der Waals surface area contributed by atoms with E-state index >= 15 is 0 Å². The number of anilines is 1. The van der Waals surface area contributed by atoms with Gasteiger partial charge in [-0.2, -0.15) is 10.2 Å². The first-order valence-electron chi connectivity index (χ1n) is 10.6. The van der Waals surface area contributed by atoms with Crippen LogP contribution in [0.25, 0.3) is 22.8 Å². The molecule has 33 heavy (non-hydrogen) atoms. The molecule has 1 saturated heterocycles. The molecule has 2 aromatic carbocycles. The summed E-state index contributed by atoms with van der Waals surface area (Å²) in [5.74, 6) is 0. The summed E-state index contributed by atoms with van der Waals surface area (Å²) in [6.45, 7) is 6.21. The molecule has 1 aliphatic rings. The van der Waals surface area contributed by atoms with E-state index in [1.807, 2.05) is 69.3 Å². The van der Waals surface area contributed by atoms with Crippen molar-refractivity contribution in [2.75, 3.05) is 11.5 Å². The standard InChI is InChI=1S/C25H23N5O3/c1-17-15-19(29-24(32)33-16-25(29,2)3)9-10-20(17)28-14-12-22(31)23(27-28)21-11-13-26-30(21)18-7-5-4-6-8-18/h4-15H,16H2,1-3H3. The normalized spacial score (nSPS) is 15.0. The van der Waals surface area contributed by atoms with E-state index in [-0.39, 0.29) is 11.5 Å². The van der Waals surface area contributed by atoms with Crippen molar-refractivity contribution in [2.45, 2.75) is 26.3 Å². The molecule has 0 radical (unpaired) electrons. The zero-order chi connectivity index (χ0) is 23.2. The van der Waals surface area contributed by atoms with Gasteiger partial charge in [0.15, 0.2) is 5.69 Å². The first-order valence-corrected chi connectivity index (χ1v) is 10.6. The van der Waals surface area contributed by atoms with E-state index in [9.17, 15) is 9.59 Å². The molecular weight excluding hydrogens is 418 g/mol. The Morgan fingerprint density at radius 3 is 2.45 bits per heavy atom. The molecule has 166 valence electrons. The third kappa shape index (κ3) is 3.59. The molecule has 2 aromatic heterocycles. The van der Waals surface area contributed by atoms with Crippen LogP contribution in [0.5, 0.6) is 0 Å². The van der Waals surface area contributed by atoms with Gasteiger partial charge >= 0.3 is 6.09 Å². The number of cyclic esters (lactones) is 1. The maximum absolute atomic E-state index is 12.7. The number of hydrogen-bond acceptors (Lipinski definition) is 5. The molecule has 0 spiro atoms. The molecule has 5 rings (SSSR count). The number of carbonyl (C=O) groups excluding carboxylic acids is 1. The minimum absolute atomic E-state index is 0.195. The second-order valence-corrected chi connectivity index (χ2v) is 8.61. The number of aromatic nitrogens is 4. The van der Waals surface area contributed by atoms with Crippen LogP contribution in [0.15, 0.2) is 77.9 Å². The maximum Gasteiger partial charge on any atom is 0.414 e. The average molecular weight is 441 g/mol. The lowest BCUT2D eigenvalue weighted by Gasteiger charge is -2.28. The summed E-state index contributed by atoms with van der Waals surface area (Å²) in [5.41, 5.74) is 3.59. The summed E-state index contributed by atoms with van der Waals surface area (Å²) in [5, 5.41) is 9.02. The van der Waals surface area contributed by atoms with Crippen molar-refractivity contribution >= 4 is 11.8 Å². The van der Waals surface area contributed by atoms with Crippen molar-refractivity contribution in [1.82, 2.24) is 19.6 Å². The monoisotopic (exact) mass is 441 g/mol. The lowest BCUT2D eigenvalue weighted by Crippen LogP contribution is -2.42. The SMILES string of the molecule is Cc1cc(N2C(=O)OCC2(C)C)ccc1-n1ccc(=O)c(-c2ccnn2-c2ccccc2)n1. The van der Waals surface area contributed by atoms with Gasteiger partial charge in [-0.1, -0.05) is 18.2 Å². The van der Waals surface area contributed by atoms with E-state index < -0.39 is 5.54 Å². The molecule has 0 unspecified atom stereocenters. The molecule has 1 amide bonds. The van der Waals surface area contributed by atoms with E-state index in [0.717, 1.165) is 22.6 Å². The van der Waals surface area contributed by atoms with Crippen molar-refractivity contribution in [3.63, 3.8) is 0 Å². The Balaban J connectivity index is 1.56. The maximum atomic E-state index is 12.7. The van der Waals surface area contributed by atoms with Crippen LogP contribution in [0, 0.1) is 6.92 Å². The van der Waals surface area contributed by atoms with E-state index in [0.29, 0.717) is 18.0 Å². The van der Waals surface area contributed by atoms with E-state index in [2.05, 4.69) is 10.2 Å². The molecule has 0 N–H and O–H groups in total. The minimum Gasteiger partial charge on any atom is -0.447 e. The van der Waals surface area contributed by atoms with Gasteiger partial charge in [-0.15, -0.1) is 0 Å². The number of benzene rings is 2. The van der Waals surface area contributed by atoms with Crippen LogP contribution < -0.4 is 10.3 Å². The molecule has 0 atom stereocenters. The number of hydrogen-bond donors (Lipinski definition) is 0. The average Bonchev–Trinajstić information content (AvgIpc) is 3.39. The largest absolute Gasteiger partial charge is 0.447 e. The summed E-state index contributed by atoms with van der Waals surface area (Å²) in [6, 6.07) is 18.6. The first kappa shape index (κ1) is 20.7. The Kier molecular flexibility index (Phi) is 4.85. The summed E-state index contributed by atoms with van der Waals surface area (Å²) in [4.78, 5) is 26.7. The lowest BCUT2D eigenvalue weighted by molar-refractivity contribution is 0.175. The van der Waals surface area contributed by atoms with Crippen molar-refractivity contribution in [1.29, 1.82) is 0 Å². The van der Waals surface area contributed by atoms with Crippen LogP contribution in [0.4, 0.5) is 10.5 Å². The predicted molar refractivity (Wildman–Crippen MR) is 125 cm³/mol. The molecule has 0 saturated carbocycles. The summed E-state index contributed by atoms with van der Waals surface area (Å²) >= 11 is 0.